The Morgan fingerprint density at radius 1 is 0.914 bits per heavy atom. The van der Waals surface area contributed by atoms with Crippen molar-refractivity contribution in [3.05, 3.63) is 83.4 Å². The van der Waals surface area contributed by atoms with Gasteiger partial charge in [-0.25, -0.2) is 0 Å². The SMILES string of the molecule is COc1ccc([C@@]23Oc4cc(OC)cc(OC)c4[C@]2(O)C(=O)[C@H](C(=O)O)[C@H]3c2ccccc2)cc1. The number of Topliss-reactive ketones (excluding diaryl/α,β-unsaturated/α-hetero) is 1. The number of methoxy groups -OCH3 is 3. The average molecular weight is 476 g/mol. The Morgan fingerprint density at radius 3 is 2.14 bits per heavy atom. The van der Waals surface area contributed by atoms with Gasteiger partial charge in [0.15, 0.2) is 11.4 Å². The van der Waals surface area contributed by atoms with E-state index < -0.39 is 34.8 Å². The third kappa shape index (κ3) is 2.89. The number of carbonyl (C=O) groups excluding carboxylic acids is 1. The van der Waals surface area contributed by atoms with E-state index in [0.717, 1.165) is 0 Å². The number of ether oxygens (including phenoxy) is 4. The van der Waals surface area contributed by atoms with Crippen LogP contribution < -0.4 is 18.9 Å². The zero-order valence-corrected chi connectivity index (χ0v) is 19.3. The van der Waals surface area contributed by atoms with Gasteiger partial charge in [0.25, 0.3) is 0 Å². The lowest BCUT2D eigenvalue weighted by Crippen LogP contribution is -2.50. The molecule has 0 unspecified atom stereocenters. The molecule has 3 aromatic carbocycles. The second kappa shape index (κ2) is 8.02. The molecule has 35 heavy (non-hydrogen) atoms. The van der Waals surface area contributed by atoms with E-state index in [0.29, 0.717) is 22.6 Å². The van der Waals surface area contributed by atoms with E-state index >= 15 is 0 Å². The highest BCUT2D eigenvalue weighted by molar-refractivity contribution is 6.09. The number of carbonyl (C=O) groups is 2. The largest absolute Gasteiger partial charge is 0.497 e. The van der Waals surface area contributed by atoms with Gasteiger partial charge in [-0.2, -0.15) is 0 Å². The van der Waals surface area contributed by atoms with Crippen LogP contribution in [0, 0.1) is 5.92 Å². The fourth-order valence-corrected chi connectivity index (χ4v) is 5.55. The molecule has 8 nitrogen and oxygen atoms in total. The number of carboxylic acids is 1. The van der Waals surface area contributed by atoms with Crippen LogP contribution in [0.1, 0.15) is 22.6 Å². The minimum atomic E-state index is -2.36. The van der Waals surface area contributed by atoms with Crippen LogP contribution in [0.5, 0.6) is 23.0 Å². The maximum absolute atomic E-state index is 14.0. The summed E-state index contributed by atoms with van der Waals surface area (Å²) in [6.45, 7) is 0. The highest BCUT2D eigenvalue weighted by atomic mass is 16.5. The van der Waals surface area contributed by atoms with Gasteiger partial charge in [-0.05, 0) is 17.7 Å². The Labute approximate surface area is 201 Å². The summed E-state index contributed by atoms with van der Waals surface area (Å²) in [5.74, 6) is -3.58. The molecule has 4 atom stereocenters. The molecule has 3 aromatic rings. The molecule has 1 saturated carbocycles. The average Bonchev–Trinajstić information content (AvgIpc) is 3.26. The van der Waals surface area contributed by atoms with Crippen LogP contribution in [0.4, 0.5) is 0 Å². The van der Waals surface area contributed by atoms with Crippen molar-refractivity contribution in [2.75, 3.05) is 21.3 Å². The maximum atomic E-state index is 14.0. The summed E-state index contributed by atoms with van der Waals surface area (Å²) < 4.78 is 22.7. The summed E-state index contributed by atoms with van der Waals surface area (Å²) >= 11 is 0. The topological polar surface area (TPSA) is 112 Å². The summed E-state index contributed by atoms with van der Waals surface area (Å²) in [6.07, 6.45) is 0. The van der Waals surface area contributed by atoms with Gasteiger partial charge in [-0.1, -0.05) is 42.5 Å². The zero-order valence-electron chi connectivity index (χ0n) is 19.3. The number of hydrogen-bond donors (Lipinski definition) is 2. The first-order valence-corrected chi connectivity index (χ1v) is 11.0. The molecule has 0 radical (unpaired) electrons. The Balaban J connectivity index is 1.89. The fraction of sp³-hybridized carbons (Fsp3) is 0.259. The highest BCUT2D eigenvalue weighted by Crippen LogP contribution is 2.68. The van der Waals surface area contributed by atoms with E-state index in [-0.39, 0.29) is 17.1 Å². The van der Waals surface area contributed by atoms with Gasteiger partial charge in [0.2, 0.25) is 5.60 Å². The molecule has 1 heterocycles. The van der Waals surface area contributed by atoms with Crippen molar-refractivity contribution >= 4 is 11.8 Å². The van der Waals surface area contributed by atoms with Crippen LogP contribution >= 0.6 is 0 Å². The molecular weight excluding hydrogens is 452 g/mol. The molecular formula is C27H24O8. The molecule has 0 amide bonds. The van der Waals surface area contributed by atoms with Crippen molar-refractivity contribution in [1.29, 1.82) is 0 Å². The summed E-state index contributed by atoms with van der Waals surface area (Å²) in [5, 5.41) is 22.6. The van der Waals surface area contributed by atoms with E-state index in [2.05, 4.69) is 0 Å². The zero-order chi connectivity index (χ0) is 25.0. The smallest absolute Gasteiger partial charge is 0.314 e. The fourth-order valence-electron chi connectivity index (χ4n) is 5.55. The van der Waals surface area contributed by atoms with Crippen LogP contribution in [-0.2, 0) is 20.8 Å². The maximum Gasteiger partial charge on any atom is 0.314 e. The van der Waals surface area contributed by atoms with Crippen molar-refractivity contribution < 1.29 is 38.7 Å². The monoisotopic (exact) mass is 476 g/mol. The van der Waals surface area contributed by atoms with Crippen molar-refractivity contribution in [3.63, 3.8) is 0 Å². The lowest BCUT2D eigenvalue weighted by molar-refractivity contribution is -0.154. The van der Waals surface area contributed by atoms with Crippen molar-refractivity contribution in [1.82, 2.24) is 0 Å². The minimum Gasteiger partial charge on any atom is -0.497 e. The molecule has 180 valence electrons. The summed E-state index contributed by atoms with van der Waals surface area (Å²) in [4.78, 5) is 26.5. The highest BCUT2D eigenvalue weighted by Gasteiger charge is 2.78. The van der Waals surface area contributed by atoms with Gasteiger partial charge in [-0.15, -0.1) is 0 Å². The van der Waals surface area contributed by atoms with E-state index in [4.69, 9.17) is 18.9 Å². The molecule has 5 rings (SSSR count). The van der Waals surface area contributed by atoms with Crippen molar-refractivity contribution in [2.24, 2.45) is 5.92 Å². The first kappa shape index (κ1) is 22.7. The molecule has 0 aromatic heterocycles. The van der Waals surface area contributed by atoms with E-state index in [1.165, 1.54) is 27.4 Å². The van der Waals surface area contributed by atoms with Gasteiger partial charge in [0.05, 0.1) is 32.8 Å². The van der Waals surface area contributed by atoms with E-state index in [1.807, 2.05) is 0 Å². The number of hydrogen-bond acceptors (Lipinski definition) is 7. The molecule has 2 N–H and O–H groups in total. The van der Waals surface area contributed by atoms with Crippen LogP contribution in [0.25, 0.3) is 0 Å². The number of aliphatic hydroxyl groups is 1. The standard InChI is InChI=1S/C27H24O8/c1-32-17-11-9-16(10-12-17)27-22(15-7-5-4-6-8-15)21(25(29)30)24(28)26(27,31)23-19(34-3)13-18(33-2)14-20(23)35-27/h4-14,21-22,31H,1-3H3,(H,29,30)/t21-,22-,26+,27+/m1/s1. The van der Waals surface area contributed by atoms with Crippen LogP contribution in [-0.4, -0.2) is 43.3 Å². The molecule has 8 heteroatoms. The molecule has 0 saturated heterocycles. The van der Waals surface area contributed by atoms with Crippen molar-refractivity contribution in [2.45, 2.75) is 17.1 Å². The van der Waals surface area contributed by atoms with Gasteiger partial charge in [-0.3, -0.25) is 9.59 Å². The normalized spacial score (nSPS) is 26.5. The number of rotatable bonds is 6. The Bertz CT molecular complexity index is 1300. The molecule has 1 aliphatic heterocycles. The lowest BCUT2D eigenvalue weighted by atomic mass is 9.70. The van der Waals surface area contributed by atoms with Crippen molar-refractivity contribution in [3.8, 4) is 23.0 Å². The number of benzene rings is 3. The molecule has 0 spiro atoms. The molecule has 2 aliphatic rings. The van der Waals surface area contributed by atoms with Gasteiger partial charge in [0.1, 0.15) is 28.9 Å². The predicted molar refractivity (Wildman–Crippen MR) is 124 cm³/mol. The number of carboxylic acid groups (broad SMARTS) is 1. The first-order valence-electron chi connectivity index (χ1n) is 11.0. The molecule has 1 aliphatic carbocycles. The third-order valence-electron chi connectivity index (χ3n) is 7.02. The number of fused-ring (bicyclic) bond motifs is 3. The first-order chi connectivity index (χ1) is 16.8. The summed E-state index contributed by atoms with van der Waals surface area (Å²) in [6, 6.07) is 18.6. The molecule has 1 fully saturated rings. The van der Waals surface area contributed by atoms with Gasteiger partial charge in [0, 0.05) is 17.7 Å². The second-order valence-corrected chi connectivity index (χ2v) is 8.55. The van der Waals surface area contributed by atoms with Gasteiger partial charge < -0.3 is 29.2 Å². The quantitative estimate of drug-likeness (QED) is 0.522. The Hall–Kier alpha value is -4.04. The van der Waals surface area contributed by atoms with E-state index in [9.17, 15) is 19.8 Å². The molecule has 0 bridgehead atoms. The second-order valence-electron chi connectivity index (χ2n) is 8.55. The van der Waals surface area contributed by atoms with Crippen LogP contribution in [0.3, 0.4) is 0 Å². The Morgan fingerprint density at radius 2 is 1.57 bits per heavy atom. The third-order valence-corrected chi connectivity index (χ3v) is 7.02. The Kier molecular flexibility index (Phi) is 5.21. The summed E-state index contributed by atoms with van der Waals surface area (Å²) in [5.41, 5.74) is -3.13. The number of ketones is 1. The van der Waals surface area contributed by atoms with Crippen LogP contribution in [0.2, 0.25) is 0 Å². The van der Waals surface area contributed by atoms with E-state index in [1.54, 1.807) is 60.7 Å². The summed E-state index contributed by atoms with van der Waals surface area (Å²) in [7, 11) is 4.40. The lowest BCUT2D eigenvalue weighted by Gasteiger charge is -2.39. The van der Waals surface area contributed by atoms with Crippen LogP contribution in [0.15, 0.2) is 66.7 Å². The number of aliphatic carboxylic acids is 1. The van der Waals surface area contributed by atoms with Gasteiger partial charge >= 0.3 is 5.97 Å². The predicted octanol–water partition coefficient (Wildman–Crippen LogP) is 3.26. The minimum absolute atomic E-state index is 0.0753.